The highest BCUT2D eigenvalue weighted by atomic mass is 32.1. The lowest BCUT2D eigenvalue weighted by atomic mass is 9.99. The predicted molar refractivity (Wildman–Crippen MR) is 120 cm³/mol. The average Bonchev–Trinajstić information content (AvgIpc) is 3.16. The van der Waals surface area contributed by atoms with Crippen LogP contribution in [0.5, 0.6) is 0 Å². The molecule has 2 heterocycles. The fourth-order valence-corrected chi connectivity index (χ4v) is 4.49. The largest absolute Gasteiger partial charge is 0.365 e. The SMILES string of the molecule is CC(C)=CCN(c1ccc(C(C)C)cc1)C1CCN(Cc2ccsc2)CC1. The van der Waals surface area contributed by atoms with Gasteiger partial charge in [0.25, 0.3) is 0 Å². The second-order valence-corrected chi connectivity index (χ2v) is 9.10. The van der Waals surface area contributed by atoms with E-state index in [-0.39, 0.29) is 0 Å². The zero-order chi connectivity index (χ0) is 19.2. The van der Waals surface area contributed by atoms with E-state index in [9.17, 15) is 0 Å². The fraction of sp³-hybridized carbons (Fsp3) is 0.500. The number of nitrogens with zero attached hydrogens (tertiary/aromatic N) is 2. The number of anilines is 1. The van der Waals surface area contributed by atoms with Crippen molar-refractivity contribution in [2.45, 2.75) is 59.0 Å². The Hall–Kier alpha value is -1.58. The minimum atomic E-state index is 0.589. The molecule has 146 valence electrons. The van der Waals surface area contributed by atoms with Gasteiger partial charge in [0, 0.05) is 37.9 Å². The highest BCUT2D eigenvalue weighted by Gasteiger charge is 2.24. The molecule has 3 heteroatoms. The Balaban J connectivity index is 1.67. The summed E-state index contributed by atoms with van der Waals surface area (Å²) in [5.74, 6) is 0.589. The Kier molecular flexibility index (Phi) is 7.14. The van der Waals surface area contributed by atoms with Crippen molar-refractivity contribution in [3.63, 3.8) is 0 Å². The van der Waals surface area contributed by atoms with Crippen LogP contribution in [0.3, 0.4) is 0 Å². The van der Waals surface area contributed by atoms with E-state index in [2.05, 4.69) is 84.7 Å². The first-order valence-electron chi connectivity index (χ1n) is 10.3. The molecular weight excluding hydrogens is 348 g/mol. The number of hydrogen-bond donors (Lipinski definition) is 0. The van der Waals surface area contributed by atoms with Crippen LogP contribution in [0.25, 0.3) is 0 Å². The molecule has 0 amide bonds. The van der Waals surface area contributed by atoms with Gasteiger partial charge in [-0.05, 0) is 72.7 Å². The van der Waals surface area contributed by atoms with E-state index < -0.39 is 0 Å². The zero-order valence-electron chi connectivity index (χ0n) is 17.3. The Bertz CT molecular complexity index is 703. The Labute approximate surface area is 169 Å². The van der Waals surface area contributed by atoms with E-state index in [4.69, 9.17) is 0 Å². The molecule has 1 fully saturated rings. The minimum absolute atomic E-state index is 0.589. The second-order valence-electron chi connectivity index (χ2n) is 8.32. The third-order valence-electron chi connectivity index (χ3n) is 5.57. The van der Waals surface area contributed by atoms with Crippen molar-refractivity contribution in [1.29, 1.82) is 0 Å². The number of likely N-dealkylation sites (tertiary alicyclic amines) is 1. The Morgan fingerprint density at radius 3 is 2.41 bits per heavy atom. The third kappa shape index (κ3) is 5.70. The molecule has 1 aliphatic heterocycles. The van der Waals surface area contributed by atoms with Crippen molar-refractivity contribution in [2.75, 3.05) is 24.5 Å². The molecule has 3 rings (SSSR count). The summed E-state index contributed by atoms with van der Waals surface area (Å²) >= 11 is 1.80. The van der Waals surface area contributed by atoms with Gasteiger partial charge in [0.1, 0.15) is 0 Å². The number of piperidine rings is 1. The molecule has 0 radical (unpaired) electrons. The lowest BCUT2D eigenvalue weighted by Crippen LogP contribution is -2.45. The van der Waals surface area contributed by atoms with Crippen LogP contribution in [0.15, 0.2) is 52.7 Å². The molecule has 1 saturated heterocycles. The lowest BCUT2D eigenvalue weighted by molar-refractivity contribution is 0.202. The normalized spacial score (nSPS) is 15.9. The summed E-state index contributed by atoms with van der Waals surface area (Å²) in [4.78, 5) is 5.23. The maximum atomic E-state index is 2.62. The summed E-state index contributed by atoms with van der Waals surface area (Å²) in [7, 11) is 0. The van der Waals surface area contributed by atoms with Crippen molar-refractivity contribution in [3.8, 4) is 0 Å². The summed E-state index contributed by atoms with van der Waals surface area (Å²) < 4.78 is 0. The molecule has 2 aromatic rings. The van der Waals surface area contributed by atoms with Crippen LogP contribution in [0, 0.1) is 0 Å². The molecule has 0 saturated carbocycles. The van der Waals surface area contributed by atoms with E-state index in [1.165, 1.54) is 48.3 Å². The van der Waals surface area contributed by atoms with Crippen LogP contribution in [0.1, 0.15) is 57.6 Å². The maximum Gasteiger partial charge on any atom is 0.0371 e. The first-order valence-corrected chi connectivity index (χ1v) is 11.2. The molecule has 0 unspecified atom stereocenters. The van der Waals surface area contributed by atoms with Crippen molar-refractivity contribution in [2.24, 2.45) is 0 Å². The predicted octanol–water partition coefficient (Wildman–Crippen LogP) is 6.31. The van der Waals surface area contributed by atoms with Gasteiger partial charge in [0.05, 0.1) is 0 Å². The molecule has 0 atom stereocenters. The van der Waals surface area contributed by atoms with Crippen molar-refractivity contribution in [3.05, 3.63) is 63.9 Å². The number of allylic oxidation sites excluding steroid dienone is 1. The summed E-state index contributed by atoms with van der Waals surface area (Å²) in [6.45, 7) is 13.4. The summed E-state index contributed by atoms with van der Waals surface area (Å²) in [5.41, 5.74) is 5.65. The van der Waals surface area contributed by atoms with Gasteiger partial charge in [0.15, 0.2) is 0 Å². The zero-order valence-corrected chi connectivity index (χ0v) is 18.1. The van der Waals surface area contributed by atoms with Crippen LogP contribution < -0.4 is 4.90 Å². The molecule has 2 nitrogen and oxygen atoms in total. The van der Waals surface area contributed by atoms with E-state index in [1.807, 2.05) is 0 Å². The van der Waals surface area contributed by atoms with Gasteiger partial charge in [-0.25, -0.2) is 0 Å². The first-order chi connectivity index (χ1) is 13.0. The van der Waals surface area contributed by atoms with Gasteiger partial charge >= 0.3 is 0 Å². The monoisotopic (exact) mass is 382 g/mol. The molecule has 0 spiro atoms. The molecule has 0 aliphatic carbocycles. The number of thiophene rings is 1. The second kappa shape index (κ2) is 9.57. The van der Waals surface area contributed by atoms with Gasteiger partial charge in [-0.15, -0.1) is 0 Å². The van der Waals surface area contributed by atoms with Crippen LogP contribution in [-0.2, 0) is 6.54 Å². The van der Waals surface area contributed by atoms with E-state index >= 15 is 0 Å². The van der Waals surface area contributed by atoms with E-state index in [1.54, 1.807) is 11.3 Å². The molecule has 27 heavy (non-hydrogen) atoms. The van der Waals surface area contributed by atoms with E-state index in [0.29, 0.717) is 12.0 Å². The minimum Gasteiger partial charge on any atom is -0.365 e. The average molecular weight is 383 g/mol. The third-order valence-corrected chi connectivity index (χ3v) is 6.30. The van der Waals surface area contributed by atoms with Crippen molar-refractivity contribution in [1.82, 2.24) is 4.90 Å². The topological polar surface area (TPSA) is 6.48 Å². The molecular formula is C24H34N2S. The first kappa shape index (κ1) is 20.2. The highest BCUT2D eigenvalue weighted by molar-refractivity contribution is 7.07. The number of rotatable bonds is 7. The van der Waals surface area contributed by atoms with Crippen LogP contribution >= 0.6 is 11.3 Å². The van der Waals surface area contributed by atoms with Gasteiger partial charge in [-0.3, -0.25) is 4.90 Å². The van der Waals surface area contributed by atoms with Crippen LogP contribution in [0.4, 0.5) is 5.69 Å². The van der Waals surface area contributed by atoms with Gasteiger partial charge in [0.2, 0.25) is 0 Å². The van der Waals surface area contributed by atoms with Crippen LogP contribution in [-0.4, -0.2) is 30.6 Å². The highest BCUT2D eigenvalue weighted by Crippen LogP contribution is 2.26. The molecule has 1 aliphatic rings. The molecule has 0 bridgehead atoms. The Morgan fingerprint density at radius 1 is 1.15 bits per heavy atom. The Morgan fingerprint density at radius 2 is 1.85 bits per heavy atom. The van der Waals surface area contributed by atoms with Crippen LogP contribution in [0.2, 0.25) is 0 Å². The summed E-state index contributed by atoms with van der Waals surface area (Å²) in [6.07, 6.45) is 4.85. The number of benzene rings is 1. The fourth-order valence-electron chi connectivity index (χ4n) is 3.83. The quantitative estimate of drug-likeness (QED) is 0.518. The van der Waals surface area contributed by atoms with Gasteiger partial charge in [-0.1, -0.05) is 37.6 Å². The molecule has 0 N–H and O–H groups in total. The summed E-state index contributed by atoms with van der Waals surface area (Å²) in [6, 6.07) is 12.2. The van der Waals surface area contributed by atoms with Gasteiger partial charge in [-0.2, -0.15) is 11.3 Å². The van der Waals surface area contributed by atoms with Crippen molar-refractivity contribution < 1.29 is 0 Å². The number of hydrogen-bond acceptors (Lipinski definition) is 3. The van der Waals surface area contributed by atoms with E-state index in [0.717, 1.165) is 13.1 Å². The summed E-state index contributed by atoms with van der Waals surface area (Å²) in [5, 5.41) is 4.47. The molecule has 1 aromatic heterocycles. The van der Waals surface area contributed by atoms with Crippen molar-refractivity contribution >= 4 is 17.0 Å². The maximum absolute atomic E-state index is 2.62. The van der Waals surface area contributed by atoms with Gasteiger partial charge < -0.3 is 4.90 Å². The smallest absolute Gasteiger partial charge is 0.0371 e. The lowest BCUT2D eigenvalue weighted by Gasteiger charge is -2.39. The standard InChI is InChI=1S/C24H34N2S/c1-19(2)9-15-26(23-7-5-22(6-8-23)20(3)4)24-10-13-25(14-11-24)17-21-12-16-27-18-21/h5-9,12,16,18,20,24H,10-11,13-15,17H2,1-4H3. The molecule has 1 aromatic carbocycles.